The molecule has 138 valence electrons. The molecule has 0 fully saturated rings. The molecule has 6 nitrogen and oxygen atoms in total. The van der Waals surface area contributed by atoms with Crippen molar-refractivity contribution in [1.29, 1.82) is 0 Å². The lowest BCUT2D eigenvalue weighted by molar-refractivity contribution is 0.0693. The van der Waals surface area contributed by atoms with Crippen LogP contribution < -0.4 is 4.90 Å². The van der Waals surface area contributed by atoms with Gasteiger partial charge in [-0.2, -0.15) is 0 Å². The number of halogens is 3. The maximum absolute atomic E-state index is 11.7. The topological polar surface area (TPSA) is 98.1 Å². The van der Waals surface area contributed by atoms with Gasteiger partial charge in [-0.05, 0) is 80.6 Å². The summed E-state index contributed by atoms with van der Waals surface area (Å²) in [5.41, 5.74) is 0.288. The lowest BCUT2D eigenvalue weighted by atomic mass is 10.1. The van der Waals surface area contributed by atoms with E-state index in [9.17, 15) is 24.9 Å². The van der Waals surface area contributed by atoms with Gasteiger partial charge in [0.25, 0.3) is 0 Å². The molecule has 0 radical (unpaired) electrons. The van der Waals surface area contributed by atoms with E-state index in [1.165, 1.54) is 0 Å². The molecule has 3 N–H and O–H groups in total. The van der Waals surface area contributed by atoms with Crippen LogP contribution in [-0.4, -0.2) is 40.0 Å². The van der Waals surface area contributed by atoms with E-state index in [0.29, 0.717) is 19.2 Å². The second-order valence-corrected chi connectivity index (χ2v) is 8.45. The van der Waals surface area contributed by atoms with Crippen molar-refractivity contribution in [1.82, 2.24) is 0 Å². The molecule has 25 heavy (non-hydrogen) atoms. The minimum Gasteiger partial charge on any atom is -0.478 e. The molecule has 0 aliphatic rings. The maximum atomic E-state index is 11.7. The van der Waals surface area contributed by atoms with Gasteiger partial charge in [0.2, 0.25) is 0 Å². The van der Waals surface area contributed by atoms with Crippen molar-refractivity contribution in [2.75, 3.05) is 11.4 Å². The predicted molar refractivity (Wildman–Crippen MR) is 122 cm³/mol. The molecule has 0 amide bonds. The molecule has 1 aromatic carbocycles. The second kappa shape index (κ2) is 10.3. The van der Waals surface area contributed by atoms with Crippen LogP contribution in [0.2, 0.25) is 0 Å². The number of aromatic carboxylic acids is 2. The smallest absolute Gasteiger partial charge is 0.337 e. The Hall–Kier alpha value is -0.150. The molecule has 0 saturated carbocycles. The Kier molecular flexibility index (Phi) is 9.39. The Bertz CT molecular complexity index is 652. The number of carboxylic acids is 2. The van der Waals surface area contributed by atoms with Crippen molar-refractivity contribution < 1.29 is 24.9 Å². The molecule has 1 unspecified atom stereocenters. The van der Waals surface area contributed by atoms with Crippen molar-refractivity contribution >= 4 is 85.4 Å². The van der Waals surface area contributed by atoms with Crippen LogP contribution in [0.1, 0.15) is 46.9 Å². The molecule has 1 rings (SSSR count). The van der Waals surface area contributed by atoms with Crippen LogP contribution in [0.3, 0.4) is 0 Å². The molecule has 0 aliphatic carbocycles. The van der Waals surface area contributed by atoms with Crippen LogP contribution in [0.25, 0.3) is 0 Å². The maximum Gasteiger partial charge on any atom is 0.337 e. The van der Waals surface area contributed by atoms with E-state index in [1.54, 1.807) is 33.6 Å². The molecule has 0 aliphatic heterocycles. The predicted octanol–water partition coefficient (Wildman–Crippen LogP) is 4.40. The number of aliphatic hydroxyl groups is 1. The number of anilines is 1. The first-order chi connectivity index (χ1) is 11.7. The van der Waals surface area contributed by atoms with E-state index in [1.807, 2.05) is 52.1 Å². The Labute approximate surface area is 187 Å². The molecule has 1 atom stereocenters. The third-order valence-corrected chi connectivity index (χ3v) is 6.69. The number of hydrogen-bond donors (Lipinski definition) is 3. The third kappa shape index (κ3) is 5.19. The van der Waals surface area contributed by atoms with E-state index in [2.05, 4.69) is 6.58 Å². The van der Waals surface area contributed by atoms with Crippen molar-refractivity contribution in [2.45, 2.75) is 32.4 Å². The van der Waals surface area contributed by atoms with E-state index < -0.39 is 18.2 Å². The van der Waals surface area contributed by atoms with Gasteiger partial charge in [-0.25, -0.2) is 9.59 Å². The Morgan fingerprint density at radius 1 is 1.12 bits per heavy atom. The first kappa shape index (κ1) is 22.9. The fourth-order valence-electron chi connectivity index (χ4n) is 2.32. The number of carbonyl (C=O) groups is 2. The normalized spacial score (nSPS) is 11.9. The molecule has 9 heteroatoms. The minimum absolute atomic E-state index is 0.0641. The van der Waals surface area contributed by atoms with E-state index in [0.717, 1.165) is 12.8 Å². The zero-order valence-corrected chi connectivity index (χ0v) is 19.9. The summed E-state index contributed by atoms with van der Waals surface area (Å²) in [4.78, 5) is 25.0. The Morgan fingerprint density at radius 2 is 1.60 bits per heavy atom. The third-order valence-electron chi connectivity index (χ3n) is 3.51. The van der Waals surface area contributed by atoms with Gasteiger partial charge in [0.05, 0.1) is 24.0 Å². The van der Waals surface area contributed by atoms with Crippen LogP contribution in [0.4, 0.5) is 5.69 Å². The number of aliphatic hydroxyl groups excluding tert-OH is 1. The highest BCUT2D eigenvalue weighted by Crippen LogP contribution is 2.38. The zero-order valence-electron chi connectivity index (χ0n) is 13.4. The van der Waals surface area contributed by atoms with E-state index in [4.69, 9.17) is 0 Å². The number of nitrogens with zero attached hydrogens (tertiary/aromatic N) is 1. The van der Waals surface area contributed by atoms with Gasteiger partial charge in [-0.15, -0.1) is 6.58 Å². The number of unbranched alkanes of at least 4 members (excludes halogenated alkanes) is 1. The fourth-order valence-corrected chi connectivity index (χ4v) is 7.03. The average Bonchev–Trinajstić information content (AvgIpc) is 2.50. The van der Waals surface area contributed by atoms with Crippen molar-refractivity contribution in [3.8, 4) is 0 Å². The first-order valence-electron chi connectivity index (χ1n) is 7.41. The summed E-state index contributed by atoms with van der Waals surface area (Å²) in [5.74, 6) is -2.40. The van der Waals surface area contributed by atoms with Crippen LogP contribution in [-0.2, 0) is 0 Å². The summed E-state index contributed by atoms with van der Waals surface area (Å²) in [5, 5.41) is 29.7. The molecule has 0 heterocycles. The van der Waals surface area contributed by atoms with Gasteiger partial charge >= 0.3 is 11.9 Å². The first-order valence-corrected chi connectivity index (χ1v) is 10.6. The van der Waals surface area contributed by atoms with Gasteiger partial charge in [0.1, 0.15) is 6.23 Å². The molecular weight excluding hydrogens is 667 g/mol. The summed E-state index contributed by atoms with van der Waals surface area (Å²) in [7, 11) is 0. The number of rotatable bonds is 9. The lowest BCUT2D eigenvalue weighted by Crippen LogP contribution is -2.37. The fraction of sp³-hybridized carbons (Fsp3) is 0.375. The molecule has 0 saturated heterocycles. The SMILES string of the molecule is C=CCN(c1c(I)c(C(=O)O)c(I)c(C(=O)O)c1I)C(O)CCCC. The van der Waals surface area contributed by atoms with Crippen molar-refractivity contribution in [3.63, 3.8) is 0 Å². The average molecular weight is 685 g/mol. The molecule has 0 bridgehead atoms. The van der Waals surface area contributed by atoms with Gasteiger partial charge < -0.3 is 20.2 Å². The quantitative estimate of drug-likeness (QED) is 0.203. The second-order valence-electron chi connectivity index (χ2n) is 5.21. The van der Waals surface area contributed by atoms with Crippen LogP contribution >= 0.6 is 67.8 Å². The summed E-state index contributed by atoms with van der Waals surface area (Å²) in [6.45, 7) is 5.97. The van der Waals surface area contributed by atoms with Crippen LogP contribution in [0.5, 0.6) is 0 Å². The highest BCUT2D eigenvalue weighted by atomic mass is 127. The Balaban J connectivity index is 3.72. The van der Waals surface area contributed by atoms with Gasteiger partial charge in [-0.3, -0.25) is 0 Å². The van der Waals surface area contributed by atoms with Crippen molar-refractivity contribution in [3.05, 3.63) is 34.5 Å². The number of carboxylic acid groups (broad SMARTS) is 2. The summed E-state index contributed by atoms with van der Waals surface area (Å²) in [6.07, 6.45) is 2.93. The highest BCUT2D eigenvalue weighted by molar-refractivity contribution is 14.1. The lowest BCUT2D eigenvalue weighted by Gasteiger charge is -2.32. The molecule has 0 spiro atoms. The zero-order chi connectivity index (χ0) is 19.3. The van der Waals surface area contributed by atoms with E-state index in [-0.39, 0.29) is 21.2 Å². The molecule has 0 aromatic heterocycles. The van der Waals surface area contributed by atoms with Crippen LogP contribution in [0.15, 0.2) is 12.7 Å². The van der Waals surface area contributed by atoms with E-state index >= 15 is 0 Å². The minimum atomic E-state index is -1.20. The van der Waals surface area contributed by atoms with Gasteiger partial charge in [0, 0.05) is 10.1 Å². The van der Waals surface area contributed by atoms with Crippen molar-refractivity contribution in [2.24, 2.45) is 0 Å². The molecule has 1 aromatic rings. The standard InChI is InChI=1S/C16H18I3NO5/c1-3-5-6-8(21)20(7-4-2)14-12(18)9(15(22)23)11(17)10(13(14)19)16(24)25/h4,8,21H,2-3,5-7H2,1H3,(H,22,23)(H,24,25). The highest BCUT2D eigenvalue weighted by Gasteiger charge is 2.31. The summed E-state index contributed by atoms with van der Waals surface area (Å²) >= 11 is 5.56. The monoisotopic (exact) mass is 685 g/mol. The van der Waals surface area contributed by atoms with Gasteiger partial charge in [0.15, 0.2) is 0 Å². The molecular formula is C16H18I3NO5. The van der Waals surface area contributed by atoms with Crippen LogP contribution in [0, 0.1) is 10.7 Å². The largest absolute Gasteiger partial charge is 0.478 e. The Morgan fingerprint density at radius 3 is 1.96 bits per heavy atom. The summed E-state index contributed by atoms with van der Waals surface area (Å²) in [6, 6.07) is 0. The number of benzene rings is 1. The van der Waals surface area contributed by atoms with Gasteiger partial charge in [-0.1, -0.05) is 19.4 Å². The number of hydrogen-bond acceptors (Lipinski definition) is 4. The summed E-state index contributed by atoms with van der Waals surface area (Å²) < 4.78 is 0.986.